The van der Waals surface area contributed by atoms with Crippen molar-refractivity contribution in [2.75, 3.05) is 25.9 Å². The van der Waals surface area contributed by atoms with Gasteiger partial charge in [-0.3, -0.25) is 4.99 Å². The van der Waals surface area contributed by atoms with Crippen molar-refractivity contribution in [2.24, 2.45) is 10.9 Å². The van der Waals surface area contributed by atoms with Crippen molar-refractivity contribution in [3.63, 3.8) is 0 Å². The molecule has 5 nitrogen and oxygen atoms in total. The van der Waals surface area contributed by atoms with Gasteiger partial charge in [-0.25, -0.2) is 4.68 Å². The molecule has 0 amide bonds. The van der Waals surface area contributed by atoms with Gasteiger partial charge in [0.2, 0.25) is 0 Å². The van der Waals surface area contributed by atoms with Crippen LogP contribution in [-0.4, -0.2) is 51.8 Å². The highest BCUT2D eigenvalue weighted by atomic mass is 32.2. The number of hydrogen-bond acceptors (Lipinski definition) is 3. The summed E-state index contributed by atoms with van der Waals surface area (Å²) in [6, 6.07) is 10.4. The van der Waals surface area contributed by atoms with Crippen LogP contribution in [0.15, 0.2) is 47.7 Å². The van der Waals surface area contributed by atoms with Crippen LogP contribution in [0.3, 0.4) is 0 Å². The lowest BCUT2D eigenvalue weighted by molar-refractivity contribution is 0.380. The average Bonchev–Trinajstić information content (AvgIpc) is 3.17. The number of aliphatic imine (C=N–C) groups is 1. The molecular formula is C19H27N5S. The van der Waals surface area contributed by atoms with E-state index in [4.69, 9.17) is 0 Å². The molecule has 1 fully saturated rings. The quantitative estimate of drug-likeness (QED) is 0.675. The zero-order chi connectivity index (χ0) is 17.6. The van der Waals surface area contributed by atoms with Gasteiger partial charge in [0.1, 0.15) is 0 Å². The summed E-state index contributed by atoms with van der Waals surface area (Å²) in [6.45, 7) is 7.49. The zero-order valence-corrected chi connectivity index (χ0v) is 16.0. The summed E-state index contributed by atoms with van der Waals surface area (Å²) in [7, 11) is 1.87. The van der Waals surface area contributed by atoms with Crippen molar-refractivity contribution >= 4 is 17.7 Å². The molecule has 134 valence electrons. The van der Waals surface area contributed by atoms with Crippen LogP contribution in [0.25, 0.3) is 5.69 Å². The van der Waals surface area contributed by atoms with Crippen molar-refractivity contribution in [1.29, 1.82) is 0 Å². The minimum atomic E-state index is 0.676. The molecule has 0 aliphatic carbocycles. The van der Waals surface area contributed by atoms with Crippen LogP contribution < -0.4 is 5.32 Å². The Morgan fingerprint density at radius 2 is 2.28 bits per heavy atom. The molecule has 1 N–H and O–H groups in total. The third-order valence-electron chi connectivity index (χ3n) is 4.48. The predicted octanol–water partition coefficient (Wildman–Crippen LogP) is 3.02. The normalized spacial score (nSPS) is 18.6. The second-order valence-corrected chi connectivity index (χ2v) is 7.97. The van der Waals surface area contributed by atoms with Gasteiger partial charge in [-0.2, -0.15) is 16.9 Å². The van der Waals surface area contributed by atoms with Crippen molar-refractivity contribution in [2.45, 2.75) is 25.6 Å². The Morgan fingerprint density at radius 3 is 3.00 bits per heavy atom. The Bertz CT molecular complexity index is 696. The molecule has 1 aliphatic rings. The summed E-state index contributed by atoms with van der Waals surface area (Å²) in [5, 5.41) is 8.50. The number of thioether (sulfide) groups is 1. The molecule has 0 radical (unpaired) electrons. The number of benzene rings is 1. The van der Waals surface area contributed by atoms with E-state index in [2.05, 4.69) is 70.2 Å². The van der Waals surface area contributed by atoms with E-state index in [9.17, 15) is 0 Å². The molecule has 1 atom stereocenters. The van der Waals surface area contributed by atoms with Gasteiger partial charge < -0.3 is 10.2 Å². The van der Waals surface area contributed by atoms with Crippen LogP contribution in [0.4, 0.5) is 0 Å². The zero-order valence-electron chi connectivity index (χ0n) is 15.2. The molecule has 1 unspecified atom stereocenters. The van der Waals surface area contributed by atoms with Crippen LogP contribution in [-0.2, 0) is 6.54 Å². The van der Waals surface area contributed by atoms with Crippen molar-refractivity contribution < 1.29 is 0 Å². The summed E-state index contributed by atoms with van der Waals surface area (Å²) in [5.41, 5.74) is 2.30. The second-order valence-electron chi connectivity index (χ2n) is 6.62. The number of guanidine groups is 1. The van der Waals surface area contributed by atoms with Crippen LogP contribution in [0.1, 0.15) is 19.4 Å². The molecule has 2 heterocycles. The molecule has 2 aromatic rings. The molecule has 6 heteroatoms. The van der Waals surface area contributed by atoms with E-state index < -0.39 is 0 Å². The topological polar surface area (TPSA) is 45.5 Å². The maximum absolute atomic E-state index is 4.50. The van der Waals surface area contributed by atoms with Crippen LogP contribution >= 0.6 is 11.8 Å². The Labute approximate surface area is 154 Å². The first-order chi connectivity index (χ1) is 12.2. The van der Waals surface area contributed by atoms with Gasteiger partial charge in [-0.05, 0) is 29.7 Å². The smallest absolute Gasteiger partial charge is 0.193 e. The van der Waals surface area contributed by atoms with Gasteiger partial charge in [0.15, 0.2) is 5.96 Å². The first-order valence-corrected chi connectivity index (χ1v) is 9.88. The largest absolute Gasteiger partial charge is 0.352 e. The van der Waals surface area contributed by atoms with Crippen LogP contribution in [0.5, 0.6) is 0 Å². The number of aromatic nitrogens is 2. The first kappa shape index (κ1) is 17.9. The fraction of sp³-hybridized carbons (Fsp3) is 0.474. The third kappa shape index (κ3) is 4.57. The molecule has 3 rings (SSSR count). The van der Waals surface area contributed by atoms with Crippen LogP contribution in [0, 0.1) is 5.92 Å². The van der Waals surface area contributed by atoms with Crippen LogP contribution in [0.2, 0.25) is 0 Å². The molecule has 1 saturated heterocycles. The molecule has 1 aliphatic heterocycles. The van der Waals surface area contributed by atoms with Crippen molar-refractivity contribution in [3.8, 4) is 5.69 Å². The van der Waals surface area contributed by atoms with Gasteiger partial charge in [0, 0.05) is 50.1 Å². The van der Waals surface area contributed by atoms with E-state index in [1.54, 1.807) is 6.20 Å². The summed E-state index contributed by atoms with van der Waals surface area (Å²) < 4.78 is 1.88. The van der Waals surface area contributed by atoms with E-state index in [0.717, 1.165) is 31.3 Å². The first-order valence-electron chi connectivity index (χ1n) is 8.83. The maximum Gasteiger partial charge on any atom is 0.193 e. The standard InChI is InChI=1S/C19H27N5S/c1-15(2)18-14-23(10-11-25-18)19(20-3)21-13-16-6-4-7-17(12-16)24-9-5-8-22-24/h4-9,12,15,18H,10-11,13-14H2,1-3H3,(H,20,21). The number of nitrogens with zero attached hydrogens (tertiary/aromatic N) is 4. The predicted molar refractivity (Wildman–Crippen MR) is 106 cm³/mol. The van der Waals surface area contributed by atoms with E-state index in [1.807, 2.05) is 24.0 Å². The summed E-state index contributed by atoms with van der Waals surface area (Å²) in [5.74, 6) is 2.85. The van der Waals surface area contributed by atoms with Crippen molar-refractivity contribution in [1.82, 2.24) is 20.0 Å². The SMILES string of the molecule is CN=C(NCc1cccc(-n2cccn2)c1)N1CCSC(C(C)C)C1. The molecular weight excluding hydrogens is 330 g/mol. The van der Waals surface area contributed by atoms with Gasteiger partial charge in [-0.15, -0.1) is 0 Å². The van der Waals surface area contributed by atoms with Crippen molar-refractivity contribution in [3.05, 3.63) is 48.3 Å². The van der Waals surface area contributed by atoms with Gasteiger partial charge in [0.05, 0.1) is 5.69 Å². The highest BCUT2D eigenvalue weighted by molar-refractivity contribution is 8.00. The Hall–Kier alpha value is -1.95. The Balaban J connectivity index is 1.63. The molecule has 1 aromatic heterocycles. The Morgan fingerprint density at radius 1 is 1.40 bits per heavy atom. The fourth-order valence-corrected chi connectivity index (χ4v) is 4.31. The summed E-state index contributed by atoms with van der Waals surface area (Å²) in [6.07, 6.45) is 3.76. The highest BCUT2D eigenvalue weighted by Gasteiger charge is 2.24. The molecule has 0 spiro atoms. The fourth-order valence-electron chi connectivity index (χ4n) is 3.01. The third-order valence-corrected chi connectivity index (χ3v) is 6.02. The lowest BCUT2D eigenvalue weighted by Crippen LogP contribution is -2.48. The monoisotopic (exact) mass is 357 g/mol. The highest BCUT2D eigenvalue weighted by Crippen LogP contribution is 2.24. The van der Waals surface area contributed by atoms with Gasteiger partial charge in [0.25, 0.3) is 0 Å². The minimum Gasteiger partial charge on any atom is -0.352 e. The lowest BCUT2D eigenvalue weighted by Gasteiger charge is -2.36. The number of rotatable bonds is 4. The molecule has 1 aromatic carbocycles. The van der Waals surface area contributed by atoms with E-state index in [-0.39, 0.29) is 0 Å². The molecule has 0 bridgehead atoms. The molecule has 25 heavy (non-hydrogen) atoms. The molecule has 0 saturated carbocycles. The minimum absolute atomic E-state index is 0.676. The number of nitrogens with one attached hydrogen (secondary N) is 1. The summed E-state index contributed by atoms with van der Waals surface area (Å²) in [4.78, 5) is 6.88. The summed E-state index contributed by atoms with van der Waals surface area (Å²) >= 11 is 2.08. The van der Waals surface area contributed by atoms with E-state index in [0.29, 0.717) is 11.2 Å². The van der Waals surface area contributed by atoms with E-state index >= 15 is 0 Å². The van der Waals surface area contributed by atoms with Gasteiger partial charge in [-0.1, -0.05) is 26.0 Å². The van der Waals surface area contributed by atoms with Gasteiger partial charge >= 0.3 is 0 Å². The van der Waals surface area contributed by atoms with E-state index in [1.165, 1.54) is 11.3 Å². The maximum atomic E-state index is 4.50. The lowest BCUT2D eigenvalue weighted by atomic mass is 10.1. The number of hydrogen-bond donors (Lipinski definition) is 1. The Kier molecular flexibility index (Phi) is 6.02. The second kappa shape index (κ2) is 8.43. The average molecular weight is 358 g/mol.